The Bertz CT molecular complexity index is 356. The second kappa shape index (κ2) is 4.29. The Labute approximate surface area is 93.8 Å². The third-order valence-electron chi connectivity index (χ3n) is 2.62. The average Bonchev–Trinajstić information content (AvgIpc) is 2.56. The van der Waals surface area contributed by atoms with E-state index in [1.54, 1.807) is 18.2 Å². The largest absolute Gasteiger partial charge is 0.488 e. The van der Waals surface area contributed by atoms with Crippen molar-refractivity contribution in [2.24, 2.45) is 0 Å². The lowest BCUT2D eigenvalue weighted by molar-refractivity contribution is 0.150. The summed E-state index contributed by atoms with van der Waals surface area (Å²) in [6, 6.07) is 5.18. The van der Waals surface area contributed by atoms with Crippen LogP contribution in [-0.4, -0.2) is 17.3 Å². The molecule has 0 unspecified atom stereocenters. The molecule has 0 saturated heterocycles. The van der Waals surface area contributed by atoms with Crippen LogP contribution in [0.3, 0.4) is 0 Å². The number of anilines is 1. The third-order valence-corrected chi connectivity index (χ3v) is 2.86. The zero-order chi connectivity index (χ0) is 10.8. The highest BCUT2D eigenvalue weighted by Crippen LogP contribution is 2.30. The second-order valence-corrected chi connectivity index (χ2v) is 4.33. The van der Waals surface area contributed by atoms with Crippen molar-refractivity contribution >= 4 is 17.3 Å². The van der Waals surface area contributed by atoms with E-state index in [2.05, 4.69) is 0 Å². The monoisotopic (exact) mass is 227 g/mol. The van der Waals surface area contributed by atoms with Gasteiger partial charge >= 0.3 is 0 Å². The Balaban J connectivity index is 2.04. The summed E-state index contributed by atoms with van der Waals surface area (Å²) in [5, 5.41) is 9.96. The van der Waals surface area contributed by atoms with E-state index in [1.165, 1.54) is 0 Å². The van der Waals surface area contributed by atoms with Gasteiger partial charge in [-0.25, -0.2) is 0 Å². The first kappa shape index (κ1) is 10.6. The van der Waals surface area contributed by atoms with E-state index in [1.807, 2.05) is 0 Å². The number of nitrogen functional groups attached to an aromatic ring is 1. The fraction of sp³-hybridized carbons (Fsp3) is 0.455. The first-order valence-electron chi connectivity index (χ1n) is 5.05. The fourth-order valence-corrected chi connectivity index (χ4v) is 2.01. The van der Waals surface area contributed by atoms with Crippen LogP contribution in [0.4, 0.5) is 5.69 Å². The van der Waals surface area contributed by atoms with Gasteiger partial charge in [0.2, 0.25) is 0 Å². The second-order valence-electron chi connectivity index (χ2n) is 3.89. The van der Waals surface area contributed by atoms with Crippen LogP contribution in [-0.2, 0) is 0 Å². The molecule has 0 amide bonds. The molecule has 2 atom stereocenters. The van der Waals surface area contributed by atoms with Crippen molar-refractivity contribution in [2.75, 3.05) is 5.73 Å². The number of nitrogens with two attached hydrogens (primary N) is 1. The van der Waals surface area contributed by atoms with Gasteiger partial charge in [0.1, 0.15) is 11.9 Å². The van der Waals surface area contributed by atoms with Crippen LogP contribution in [0.25, 0.3) is 0 Å². The molecule has 1 aromatic rings. The van der Waals surface area contributed by atoms with Gasteiger partial charge in [0.15, 0.2) is 0 Å². The molecule has 15 heavy (non-hydrogen) atoms. The Hall–Kier alpha value is -0.930. The summed E-state index contributed by atoms with van der Waals surface area (Å²) in [5.41, 5.74) is 6.31. The first-order chi connectivity index (χ1) is 7.15. The lowest BCUT2D eigenvalue weighted by atomic mass is 10.2. The van der Waals surface area contributed by atoms with E-state index in [0.717, 1.165) is 12.8 Å². The molecule has 0 aliphatic heterocycles. The van der Waals surface area contributed by atoms with E-state index in [0.29, 0.717) is 22.9 Å². The summed E-state index contributed by atoms with van der Waals surface area (Å²) >= 11 is 5.78. The van der Waals surface area contributed by atoms with Crippen molar-refractivity contribution in [1.29, 1.82) is 0 Å². The first-order valence-corrected chi connectivity index (χ1v) is 5.42. The number of benzene rings is 1. The maximum atomic E-state index is 9.36. The van der Waals surface area contributed by atoms with Gasteiger partial charge in [-0.2, -0.15) is 0 Å². The van der Waals surface area contributed by atoms with Gasteiger partial charge in [-0.3, -0.25) is 0 Å². The van der Waals surface area contributed by atoms with Gasteiger partial charge in [0.25, 0.3) is 0 Å². The van der Waals surface area contributed by atoms with Crippen molar-refractivity contribution in [3.63, 3.8) is 0 Å². The third kappa shape index (κ3) is 2.55. The van der Waals surface area contributed by atoms with Crippen LogP contribution in [0.15, 0.2) is 18.2 Å². The SMILES string of the molecule is Nc1cc(Cl)ccc1O[C@H]1CC[C@H](O)C1. The molecule has 1 aliphatic rings. The Morgan fingerprint density at radius 2 is 2.20 bits per heavy atom. The van der Waals surface area contributed by atoms with Crippen molar-refractivity contribution in [1.82, 2.24) is 0 Å². The molecule has 2 rings (SSSR count). The Morgan fingerprint density at radius 1 is 1.40 bits per heavy atom. The number of hydrogen-bond donors (Lipinski definition) is 2. The van der Waals surface area contributed by atoms with Crippen molar-refractivity contribution in [3.05, 3.63) is 23.2 Å². The molecule has 82 valence electrons. The predicted molar refractivity (Wildman–Crippen MR) is 60.1 cm³/mol. The molecule has 1 fully saturated rings. The molecule has 0 spiro atoms. The molecule has 0 aromatic heterocycles. The van der Waals surface area contributed by atoms with Gasteiger partial charge in [-0.15, -0.1) is 0 Å². The molecule has 1 aliphatic carbocycles. The smallest absolute Gasteiger partial charge is 0.142 e. The number of ether oxygens (including phenoxy) is 1. The van der Waals surface area contributed by atoms with Crippen LogP contribution < -0.4 is 10.5 Å². The highest BCUT2D eigenvalue weighted by Gasteiger charge is 2.24. The van der Waals surface area contributed by atoms with Crippen LogP contribution in [0.1, 0.15) is 19.3 Å². The zero-order valence-electron chi connectivity index (χ0n) is 8.32. The van der Waals surface area contributed by atoms with E-state index in [4.69, 9.17) is 22.1 Å². The summed E-state index contributed by atoms with van der Waals surface area (Å²) in [4.78, 5) is 0. The molecule has 0 radical (unpaired) electrons. The number of aliphatic hydroxyl groups excluding tert-OH is 1. The fourth-order valence-electron chi connectivity index (χ4n) is 1.83. The number of aliphatic hydroxyl groups is 1. The molecule has 4 heteroatoms. The molecular weight excluding hydrogens is 214 g/mol. The summed E-state index contributed by atoms with van der Waals surface area (Å²) in [7, 11) is 0. The quantitative estimate of drug-likeness (QED) is 0.762. The molecule has 1 saturated carbocycles. The van der Waals surface area contributed by atoms with Crippen molar-refractivity contribution in [2.45, 2.75) is 31.5 Å². The van der Waals surface area contributed by atoms with Crippen LogP contribution in [0, 0.1) is 0 Å². The number of rotatable bonds is 2. The van der Waals surface area contributed by atoms with Crippen LogP contribution in [0.2, 0.25) is 5.02 Å². The van der Waals surface area contributed by atoms with Crippen LogP contribution in [0.5, 0.6) is 5.75 Å². The maximum absolute atomic E-state index is 9.36. The summed E-state index contributed by atoms with van der Waals surface area (Å²) in [6.07, 6.45) is 2.20. The topological polar surface area (TPSA) is 55.5 Å². The summed E-state index contributed by atoms with van der Waals surface area (Å²) in [5.74, 6) is 0.651. The molecule has 3 nitrogen and oxygen atoms in total. The lowest BCUT2D eigenvalue weighted by Gasteiger charge is -2.14. The molecule has 1 aromatic carbocycles. The number of hydrogen-bond acceptors (Lipinski definition) is 3. The van der Waals surface area contributed by atoms with Crippen LogP contribution >= 0.6 is 11.6 Å². The van der Waals surface area contributed by atoms with E-state index in [-0.39, 0.29) is 12.2 Å². The Kier molecular flexibility index (Phi) is 3.03. The standard InChI is InChI=1S/C11H14ClNO2/c12-7-1-4-11(10(13)5-7)15-9-3-2-8(14)6-9/h1,4-5,8-9,14H,2-3,6,13H2/t8-,9-/m0/s1. The van der Waals surface area contributed by atoms with Crippen molar-refractivity contribution < 1.29 is 9.84 Å². The molecule has 3 N–H and O–H groups in total. The highest BCUT2D eigenvalue weighted by molar-refractivity contribution is 6.30. The van der Waals surface area contributed by atoms with Gasteiger partial charge in [-0.1, -0.05) is 11.6 Å². The lowest BCUT2D eigenvalue weighted by Crippen LogP contribution is -2.14. The number of halogens is 1. The minimum absolute atomic E-state index is 0.0727. The summed E-state index contributed by atoms with van der Waals surface area (Å²) < 4.78 is 5.69. The molecular formula is C11H14ClNO2. The normalized spacial score (nSPS) is 25.5. The predicted octanol–water partition coefficient (Wildman–Crippen LogP) is 2.21. The zero-order valence-corrected chi connectivity index (χ0v) is 9.07. The van der Waals surface area contributed by atoms with E-state index in [9.17, 15) is 5.11 Å². The maximum Gasteiger partial charge on any atom is 0.142 e. The van der Waals surface area contributed by atoms with E-state index < -0.39 is 0 Å². The van der Waals surface area contributed by atoms with Gasteiger partial charge in [0, 0.05) is 11.4 Å². The molecule has 0 bridgehead atoms. The van der Waals surface area contributed by atoms with Crippen molar-refractivity contribution in [3.8, 4) is 5.75 Å². The van der Waals surface area contributed by atoms with E-state index >= 15 is 0 Å². The summed E-state index contributed by atoms with van der Waals surface area (Å²) in [6.45, 7) is 0. The average molecular weight is 228 g/mol. The minimum atomic E-state index is -0.233. The van der Waals surface area contributed by atoms with Gasteiger partial charge < -0.3 is 15.6 Å². The molecule has 0 heterocycles. The highest BCUT2D eigenvalue weighted by atomic mass is 35.5. The van der Waals surface area contributed by atoms with Gasteiger partial charge in [0.05, 0.1) is 11.8 Å². The Morgan fingerprint density at radius 3 is 2.80 bits per heavy atom. The van der Waals surface area contributed by atoms with Gasteiger partial charge in [-0.05, 0) is 31.0 Å². The minimum Gasteiger partial charge on any atom is -0.488 e.